The average molecular weight is 313 g/mol. The lowest BCUT2D eigenvalue weighted by Gasteiger charge is -2.50. The molecule has 2 heterocycles. The first-order chi connectivity index (χ1) is 9.97. The van der Waals surface area contributed by atoms with Gasteiger partial charge in [0.2, 0.25) is 0 Å². The number of nitrogens with zero attached hydrogens (tertiary/aromatic N) is 1. The van der Waals surface area contributed by atoms with Crippen LogP contribution in [0.25, 0.3) is 0 Å². The highest BCUT2D eigenvalue weighted by Crippen LogP contribution is 2.45. The molecule has 0 aliphatic carbocycles. The summed E-state index contributed by atoms with van der Waals surface area (Å²) in [5, 5.41) is 0. The van der Waals surface area contributed by atoms with E-state index in [4.69, 9.17) is 4.74 Å². The molecule has 1 atom stereocenters. The Hall–Kier alpha value is -0.980. The molecule has 1 spiro atoms. The minimum absolute atomic E-state index is 0.0799. The van der Waals surface area contributed by atoms with Gasteiger partial charge >= 0.3 is 0 Å². The summed E-state index contributed by atoms with van der Waals surface area (Å²) >= 11 is 0. The lowest BCUT2D eigenvalue weighted by Crippen LogP contribution is -2.67. The Kier molecular flexibility index (Phi) is 3.80. The van der Waals surface area contributed by atoms with Crippen molar-refractivity contribution in [3.05, 3.63) is 35.6 Å². The Balaban J connectivity index is 1.70. The van der Waals surface area contributed by atoms with Crippen LogP contribution in [0.4, 0.5) is 4.39 Å². The zero-order valence-electron chi connectivity index (χ0n) is 12.1. The zero-order chi connectivity index (χ0) is 15.1. The maximum absolute atomic E-state index is 13.2. The van der Waals surface area contributed by atoms with Crippen molar-refractivity contribution >= 4 is 9.84 Å². The molecule has 0 aromatic heterocycles. The molecule has 21 heavy (non-hydrogen) atoms. The highest BCUT2D eigenvalue weighted by molar-refractivity contribution is 7.93. The van der Waals surface area contributed by atoms with Crippen molar-refractivity contribution in [2.75, 3.05) is 32.6 Å². The average Bonchev–Trinajstić information content (AvgIpc) is 2.63. The van der Waals surface area contributed by atoms with Gasteiger partial charge in [0.05, 0.1) is 12.4 Å². The van der Waals surface area contributed by atoms with E-state index in [-0.39, 0.29) is 17.5 Å². The molecule has 6 heteroatoms. The second-order valence-corrected chi connectivity index (χ2v) is 8.55. The lowest BCUT2D eigenvalue weighted by atomic mass is 9.83. The Morgan fingerprint density at radius 2 is 2.19 bits per heavy atom. The Labute approximate surface area is 124 Å². The Morgan fingerprint density at radius 3 is 2.86 bits per heavy atom. The van der Waals surface area contributed by atoms with Gasteiger partial charge in [-0.2, -0.15) is 0 Å². The van der Waals surface area contributed by atoms with Crippen molar-refractivity contribution in [3.8, 4) is 0 Å². The van der Waals surface area contributed by atoms with Crippen molar-refractivity contribution in [2.24, 2.45) is 5.92 Å². The highest BCUT2D eigenvalue weighted by Gasteiger charge is 2.61. The van der Waals surface area contributed by atoms with Crippen LogP contribution in [0, 0.1) is 11.7 Å². The fourth-order valence-electron chi connectivity index (χ4n) is 3.62. The molecule has 0 bridgehead atoms. The van der Waals surface area contributed by atoms with Gasteiger partial charge in [-0.15, -0.1) is 0 Å². The quantitative estimate of drug-likeness (QED) is 0.844. The summed E-state index contributed by atoms with van der Waals surface area (Å²) in [5.74, 6) is 0.0826. The zero-order valence-corrected chi connectivity index (χ0v) is 12.9. The summed E-state index contributed by atoms with van der Waals surface area (Å²) in [4.78, 5) is 2.07. The van der Waals surface area contributed by atoms with Crippen LogP contribution in [0.5, 0.6) is 0 Å². The molecule has 0 amide bonds. The fraction of sp³-hybridized carbons (Fsp3) is 0.600. The van der Waals surface area contributed by atoms with Crippen molar-refractivity contribution < 1.29 is 17.5 Å². The van der Waals surface area contributed by atoms with E-state index in [0.717, 1.165) is 5.56 Å². The van der Waals surface area contributed by atoms with Crippen molar-refractivity contribution in [1.29, 1.82) is 0 Å². The minimum atomic E-state index is -3.05. The fourth-order valence-corrected chi connectivity index (χ4v) is 6.08. The van der Waals surface area contributed by atoms with Crippen LogP contribution < -0.4 is 0 Å². The summed E-state index contributed by atoms with van der Waals surface area (Å²) in [6.07, 6.45) is 0.685. The summed E-state index contributed by atoms with van der Waals surface area (Å²) in [6, 6.07) is 6.46. The van der Waals surface area contributed by atoms with E-state index in [2.05, 4.69) is 4.90 Å². The van der Waals surface area contributed by atoms with E-state index in [1.165, 1.54) is 12.1 Å². The minimum Gasteiger partial charge on any atom is -0.384 e. The molecule has 116 valence electrons. The third-order valence-electron chi connectivity index (χ3n) is 4.74. The van der Waals surface area contributed by atoms with Crippen molar-refractivity contribution in [3.63, 3.8) is 0 Å². The maximum atomic E-state index is 13.2. The van der Waals surface area contributed by atoms with Gasteiger partial charge in [-0.05, 0) is 24.1 Å². The molecule has 0 N–H and O–H groups in total. The highest BCUT2D eigenvalue weighted by atomic mass is 32.2. The molecule has 1 aromatic carbocycles. The molecule has 2 aliphatic rings. The number of halogens is 1. The summed E-state index contributed by atoms with van der Waals surface area (Å²) in [5.41, 5.74) is 0.878. The number of benzene rings is 1. The third kappa shape index (κ3) is 2.49. The van der Waals surface area contributed by atoms with E-state index in [0.29, 0.717) is 32.7 Å². The number of hydrogen-bond donors (Lipinski definition) is 0. The van der Waals surface area contributed by atoms with Gasteiger partial charge in [0, 0.05) is 32.7 Å². The second kappa shape index (κ2) is 5.34. The number of hydrogen-bond acceptors (Lipinski definition) is 4. The second-order valence-electron chi connectivity index (χ2n) is 6.10. The Bertz CT molecular complexity index is 626. The topological polar surface area (TPSA) is 46.6 Å². The standard InChI is InChI=1S/C15H20FNO3S/c1-20-9-13-5-6-21(18,19)15(13)10-17(11-15)8-12-3-2-4-14(16)7-12/h2-4,7,13H,5-6,8-11H2,1H3/t13-/m0/s1. The van der Waals surface area contributed by atoms with Crippen LogP contribution in [0.3, 0.4) is 0 Å². The van der Waals surface area contributed by atoms with E-state index >= 15 is 0 Å². The first-order valence-corrected chi connectivity index (χ1v) is 8.80. The number of sulfone groups is 1. The molecule has 0 radical (unpaired) electrons. The van der Waals surface area contributed by atoms with Gasteiger partial charge in [-0.3, -0.25) is 4.90 Å². The molecular weight excluding hydrogens is 293 g/mol. The van der Waals surface area contributed by atoms with Crippen molar-refractivity contribution in [1.82, 2.24) is 4.90 Å². The molecule has 0 saturated carbocycles. The third-order valence-corrected chi connectivity index (χ3v) is 7.35. The predicted molar refractivity (Wildman–Crippen MR) is 78.2 cm³/mol. The summed E-state index contributed by atoms with van der Waals surface area (Å²) < 4.78 is 42.5. The molecule has 1 aromatic rings. The van der Waals surface area contributed by atoms with E-state index in [1.54, 1.807) is 13.2 Å². The van der Waals surface area contributed by atoms with Gasteiger partial charge in [-0.25, -0.2) is 12.8 Å². The van der Waals surface area contributed by atoms with Gasteiger partial charge in [0.1, 0.15) is 10.6 Å². The molecule has 2 aliphatic heterocycles. The van der Waals surface area contributed by atoms with Crippen LogP contribution in [-0.2, 0) is 21.1 Å². The van der Waals surface area contributed by atoms with Crippen LogP contribution in [-0.4, -0.2) is 50.6 Å². The first kappa shape index (κ1) is 14.9. The number of rotatable bonds is 4. The summed E-state index contributed by atoms with van der Waals surface area (Å²) in [7, 11) is -1.44. The van der Waals surface area contributed by atoms with E-state index in [9.17, 15) is 12.8 Å². The van der Waals surface area contributed by atoms with Crippen LogP contribution in [0.1, 0.15) is 12.0 Å². The van der Waals surface area contributed by atoms with Crippen LogP contribution in [0.2, 0.25) is 0 Å². The smallest absolute Gasteiger partial charge is 0.158 e. The molecule has 3 rings (SSSR count). The number of likely N-dealkylation sites (tertiary alicyclic amines) is 1. The largest absolute Gasteiger partial charge is 0.384 e. The van der Waals surface area contributed by atoms with Gasteiger partial charge in [0.25, 0.3) is 0 Å². The number of methoxy groups -OCH3 is 1. The summed E-state index contributed by atoms with van der Waals surface area (Å²) in [6.45, 7) is 2.14. The first-order valence-electron chi connectivity index (χ1n) is 7.15. The molecule has 2 fully saturated rings. The monoisotopic (exact) mass is 313 g/mol. The molecule has 2 saturated heterocycles. The SMILES string of the molecule is COC[C@@H]1CCS(=O)(=O)C12CN(Cc1cccc(F)c1)C2. The number of ether oxygens (including phenoxy) is 1. The molecule has 4 nitrogen and oxygen atoms in total. The van der Waals surface area contributed by atoms with Gasteiger partial charge in [0.15, 0.2) is 9.84 Å². The normalized spacial score (nSPS) is 26.9. The van der Waals surface area contributed by atoms with Gasteiger partial charge in [-0.1, -0.05) is 12.1 Å². The molecular formula is C15H20FNO3S. The van der Waals surface area contributed by atoms with E-state index in [1.807, 2.05) is 6.07 Å². The van der Waals surface area contributed by atoms with Gasteiger partial charge < -0.3 is 4.74 Å². The Morgan fingerprint density at radius 1 is 1.43 bits per heavy atom. The predicted octanol–water partition coefficient (Wildman–Crippen LogP) is 1.46. The van der Waals surface area contributed by atoms with E-state index < -0.39 is 14.6 Å². The lowest BCUT2D eigenvalue weighted by molar-refractivity contribution is 0.0411. The maximum Gasteiger partial charge on any atom is 0.158 e. The molecule has 0 unspecified atom stereocenters. The van der Waals surface area contributed by atoms with Crippen LogP contribution in [0.15, 0.2) is 24.3 Å². The van der Waals surface area contributed by atoms with Crippen LogP contribution >= 0.6 is 0 Å². The van der Waals surface area contributed by atoms with Crippen molar-refractivity contribution in [2.45, 2.75) is 17.7 Å².